The normalized spacial score (nSPS) is 12.3. The Morgan fingerprint density at radius 3 is 2.80 bits per heavy atom. The minimum atomic E-state index is -0.631. The van der Waals surface area contributed by atoms with Crippen LogP contribution in [0.15, 0.2) is 54.9 Å². The summed E-state index contributed by atoms with van der Waals surface area (Å²) in [5, 5.41) is 12.4. The van der Waals surface area contributed by atoms with Gasteiger partial charge < -0.3 is 10.4 Å². The Kier molecular flexibility index (Phi) is 4.63. The molecule has 1 unspecified atom stereocenters. The quantitative estimate of drug-likeness (QED) is 0.838. The van der Waals surface area contributed by atoms with Crippen molar-refractivity contribution in [3.8, 4) is 0 Å². The smallest absolute Gasteiger partial charge is 0.248 e. The van der Waals surface area contributed by atoms with E-state index in [0.29, 0.717) is 11.3 Å². The molecule has 0 aliphatic heterocycles. The van der Waals surface area contributed by atoms with Crippen molar-refractivity contribution in [2.24, 2.45) is 0 Å². The van der Waals surface area contributed by atoms with Gasteiger partial charge in [-0.3, -0.25) is 9.78 Å². The molecule has 102 valence electrons. The highest BCUT2D eigenvalue weighted by Crippen LogP contribution is 2.22. The third kappa shape index (κ3) is 3.76. The van der Waals surface area contributed by atoms with Crippen LogP contribution in [0.4, 0.5) is 5.69 Å². The molecule has 1 atom stereocenters. The van der Waals surface area contributed by atoms with Gasteiger partial charge in [0.05, 0.1) is 6.10 Å². The Labute approximate surface area is 117 Å². The van der Waals surface area contributed by atoms with Gasteiger partial charge in [0.15, 0.2) is 0 Å². The Balaban J connectivity index is 2.07. The Morgan fingerprint density at radius 1 is 1.30 bits per heavy atom. The number of aliphatic hydroxyl groups is 1. The van der Waals surface area contributed by atoms with Crippen molar-refractivity contribution in [2.75, 3.05) is 5.32 Å². The van der Waals surface area contributed by atoms with Gasteiger partial charge in [0, 0.05) is 29.7 Å². The molecule has 0 spiro atoms. The molecule has 4 heteroatoms. The molecule has 0 saturated heterocycles. The number of aliphatic hydroxyl groups excluding tert-OH is 1. The zero-order chi connectivity index (χ0) is 14.4. The topological polar surface area (TPSA) is 62.2 Å². The molecule has 1 amide bonds. The van der Waals surface area contributed by atoms with Gasteiger partial charge in [-0.1, -0.05) is 24.3 Å². The number of hydrogen-bond donors (Lipinski definition) is 2. The summed E-state index contributed by atoms with van der Waals surface area (Å²) < 4.78 is 0. The zero-order valence-electron chi connectivity index (χ0n) is 11.2. The fraction of sp³-hybridized carbons (Fsp3) is 0.125. The largest absolute Gasteiger partial charge is 0.389 e. The molecular formula is C16H16N2O2. The van der Waals surface area contributed by atoms with Gasteiger partial charge in [0.1, 0.15) is 0 Å². The van der Waals surface area contributed by atoms with Crippen LogP contribution >= 0.6 is 0 Å². The number of para-hydroxylation sites is 1. The summed E-state index contributed by atoms with van der Waals surface area (Å²) >= 11 is 0. The van der Waals surface area contributed by atoms with Crippen molar-refractivity contribution >= 4 is 17.7 Å². The van der Waals surface area contributed by atoms with Crippen LogP contribution in [0.5, 0.6) is 0 Å². The Morgan fingerprint density at radius 2 is 2.10 bits per heavy atom. The van der Waals surface area contributed by atoms with Crippen molar-refractivity contribution in [3.63, 3.8) is 0 Å². The molecule has 4 nitrogen and oxygen atoms in total. The minimum absolute atomic E-state index is 0.248. The van der Waals surface area contributed by atoms with Gasteiger partial charge in [0.25, 0.3) is 0 Å². The zero-order valence-corrected chi connectivity index (χ0v) is 11.2. The number of pyridine rings is 1. The standard InChI is InChI=1S/C16H16N2O2/c1-12(19)14-6-2-3-7-15(14)18-16(20)9-8-13-5-4-10-17-11-13/h2-12,19H,1H3,(H,18,20)/b9-8+. The molecule has 2 aromatic rings. The van der Waals surface area contributed by atoms with Crippen molar-refractivity contribution in [1.82, 2.24) is 4.98 Å². The summed E-state index contributed by atoms with van der Waals surface area (Å²) in [5.74, 6) is -0.248. The second-order valence-corrected chi connectivity index (χ2v) is 4.37. The molecule has 0 radical (unpaired) electrons. The second-order valence-electron chi connectivity index (χ2n) is 4.37. The molecule has 1 heterocycles. The van der Waals surface area contributed by atoms with Gasteiger partial charge in [-0.2, -0.15) is 0 Å². The maximum atomic E-state index is 11.9. The molecule has 2 N–H and O–H groups in total. The van der Waals surface area contributed by atoms with Crippen LogP contribution in [0, 0.1) is 0 Å². The monoisotopic (exact) mass is 268 g/mol. The van der Waals surface area contributed by atoms with Crippen LogP contribution in [0.25, 0.3) is 6.08 Å². The summed E-state index contributed by atoms with van der Waals surface area (Å²) in [6.45, 7) is 1.66. The molecule has 0 aliphatic rings. The van der Waals surface area contributed by atoms with Gasteiger partial charge in [-0.15, -0.1) is 0 Å². The first kappa shape index (κ1) is 14.0. The van der Waals surface area contributed by atoms with Crippen molar-refractivity contribution in [3.05, 3.63) is 66.0 Å². The first-order valence-corrected chi connectivity index (χ1v) is 6.33. The lowest BCUT2D eigenvalue weighted by molar-refractivity contribution is -0.111. The first-order chi connectivity index (χ1) is 9.66. The number of amides is 1. The summed E-state index contributed by atoms with van der Waals surface area (Å²) in [6.07, 6.45) is 5.85. The lowest BCUT2D eigenvalue weighted by Crippen LogP contribution is -2.10. The Bertz CT molecular complexity index is 607. The van der Waals surface area contributed by atoms with E-state index in [1.165, 1.54) is 6.08 Å². The fourth-order valence-electron chi connectivity index (χ4n) is 1.80. The van der Waals surface area contributed by atoms with Crippen LogP contribution in [0.3, 0.4) is 0 Å². The number of anilines is 1. The van der Waals surface area contributed by atoms with Gasteiger partial charge in [-0.05, 0) is 30.7 Å². The van der Waals surface area contributed by atoms with E-state index < -0.39 is 6.10 Å². The number of benzene rings is 1. The van der Waals surface area contributed by atoms with E-state index >= 15 is 0 Å². The average Bonchev–Trinajstić information content (AvgIpc) is 2.46. The third-order valence-electron chi connectivity index (χ3n) is 2.78. The third-order valence-corrected chi connectivity index (χ3v) is 2.78. The van der Waals surface area contributed by atoms with E-state index in [9.17, 15) is 9.90 Å². The summed E-state index contributed by atoms with van der Waals surface area (Å²) in [4.78, 5) is 15.8. The summed E-state index contributed by atoms with van der Waals surface area (Å²) in [6, 6.07) is 10.8. The number of hydrogen-bond acceptors (Lipinski definition) is 3. The summed E-state index contributed by atoms with van der Waals surface area (Å²) in [5.41, 5.74) is 2.16. The van der Waals surface area contributed by atoms with Crippen LogP contribution in [-0.4, -0.2) is 16.0 Å². The van der Waals surface area contributed by atoms with E-state index in [1.54, 1.807) is 43.6 Å². The predicted molar refractivity (Wildman–Crippen MR) is 79.0 cm³/mol. The van der Waals surface area contributed by atoms with Crippen molar-refractivity contribution in [1.29, 1.82) is 0 Å². The average molecular weight is 268 g/mol. The predicted octanol–water partition coefficient (Wildman–Crippen LogP) is 2.79. The van der Waals surface area contributed by atoms with Gasteiger partial charge in [-0.25, -0.2) is 0 Å². The molecule has 20 heavy (non-hydrogen) atoms. The van der Waals surface area contributed by atoms with E-state index in [2.05, 4.69) is 10.3 Å². The number of rotatable bonds is 4. The van der Waals surface area contributed by atoms with E-state index in [4.69, 9.17) is 0 Å². The van der Waals surface area contributed by atoms with Crippen LogP contribution in [-0.2, 0) is 4.79 Å². The first-order valence-electron chi connectivity index (χ1n) is 6.33. The summed E-state index contributed by atoms with van der Waals surface area (Å²) in [7, 11) is 0. The highest BCUT2D eigenvalue weighted by atomic mass is 16.3. The molecule has 1 aromatic carbocycles. The molecule has 0 bridgehead atoms. The number of nitrogens with one attached hydrogen (secondary N) is 1. The molecule has 0 aliphatic carbocycles. The highest BCUT2D eigenvalue weighted by Gasteiger charge is 2.08. The van der Waals surface area contributed by atoms with Crippen LogP contribution < -0.4 is 5.32 Å². The molecule has 0 saturated carbocycles. The molecular weight excluding hydrogens is 252 g/mol. The fourth-order valence-corrected chi connectivity index (χ4v) is 1.80. The lowest BCUT2D eigenvalue weighted by Gasteiger charge is -2.11. The van der Waals surface area contributed by atoms with E-state index in [1.807, 2.05) is 18.2 Å². The van der Waals surface area contributed by atoms with Crippen molar-refractivity contribution < 1.29 is 9.90 Å². The number of aromatic nitrogens is 1. The number of carbonyl (C=O) groups is 1. The lowest BCUT2D eigenvalue weighted by atomic mass is 10.1. The SMILES string of the molecule is CC(O)c1ccccc1NC(=O)/C=C/c1cccnc1. The molecule has 0 fully saturated rings. The van der Waals surface area contributed by atoms with Crippen molar-refractivity contribution in [2.45, 2.75) is 13.0 Å². The highest BCUT2D eigenvalue weighted by molar-refractivity contribution is 6.02. The van der Waals surface area contributed by atoms with Crippen LogP contribution in [0.2, 0.25) is 0 Å². The maximum absolute atomic E-state index is 11.9. The minimum Gasteiger partial charge on any atom is -0.389 e. The second kappa shape index (κ2) is 6.63. The number of nitrogens with zero attached hydrogens (tertiary/aromatic N) is 1. The molecule has 1 aromatic heterocycles. The number of carbonyl (C=O) groups excluding carboxylic acids is 1. The Hall–Kier alpha value is -2.46. The molecule has 2 rings (SSSR count). The van der Waals surface area contributed by atoms with E-state index in [-0.39, 0.29) is 5.91 Å². The van der Waals surface area contributed by atoms with Gasteiger partial charge in [0.2, 0.25) is 5.91 Å². The maximum Gasteiger partial charge on any atom is 0.248 e. The van der Waals surface area contributed by atoms with Crippen LogP contribution in [0.1, 0.15) is 24.2 Å². The van der Waals surface area contributed by atoms with E-state index in [0.717, 1.165) is 5.56 Å². The van der Waals surface area contributed by atoms with Gasteiger partial charge >= 0.3 is 0 Å².